The molecule has 1 fully saturated rings. The van der Waals surface area contributed by atoms with Crippen LogP contribution in [0.2, 0.25) is 0 Å². The number of carboxylic acids is 1. The van der Waals surface area contributed by atoms with Gasteiger partial charge in [-0.05, 0) is 31.9 Å². The Kier molecular flexibility index (Phi) is 4.46. The molecule has 0 atom stereocenters. The quantitative estimate of drug-likeness (QED) is 0.697. The molecule has 1 aromatic heterocycles. The van der Waals surface area contributed by atoms with Crippen LogP contribution in [0, 0.1) is 0 Å². The number of nitrogens with one attached hydrogen (secondary N) is 2. The number of amides is 1. The molecule has 0 aromatic carbocycles. The summed E-state index contributed by atoms with van der Waals surface area (Å²) in [6.45, 7) is 4.25. The molecule has 2 aliphatic rings. The topological polar surface area (TPSA) is 76.9 Å². The van der Waals surface area contributed by atoms with Crippen molar-refractivity contribution in [2.24, 2.45) is 0 Å². The van der Waals surface area contributed by atoms with E-state index in [9.17, 15) is 14.7 Å². The number of carbonyl (C=O) groups excluding carboxylic acids is 2. The Morgan fingerprint density at radius 3 is 2.73 bits per heavy atom. The lowest BCUT2D eigenvalue weighted by Gasteiger charge is -2.29. The predicted octanol–water partition coefficient (Wildman–Crippen LogP) is -1.63. The van der Waals surface area contributed by atoms with E-state index in [1.807, 2.05) is 0 Å². The number of likely N-dealkylation sites (N-methyl/N-ethyl adjacent to an activating group) is 1. The van der Waals surface area contributed by atoms with Crippen molar-refractivity contribution in [1.82, 2.24) is 4.90 Å². The fraction of sp³-hybridized carbons (Fsp3) is 0.600. The van der Waals surface area contributed by atoms with E-state index < -0.39 is 5.97 Å². The van der Waals surface area contributed by atoms with Gasteiger partial charge in [0.25, 0.3) is 5.91 Å². The van der Waals surface area contributed by atoms with Crippen molar-refractivity contribution in [3.8, 4) is 0 Å². The first kappa shape index (κ1) is 15.5. The molecule has 0 saturated carbocycles. The van der Waals surface area contributed by atoms with Crippen LogP contribution in [0.25, 0.3) is 0 Å². The molecule has 2 N–H and O–H groups in total. The van der Waals surface area contributed by atoms with E-state index >= 15 is 0 Å². The van der Waals surface area contributed by atoms with Crippen molar-refractivity contribution < 1.29 is 19.6 Å². The summed E-state index contributed by atoms with van der Waals surface area (Å²) in [6, 6.07) is 0. The number of hydrogen-bond donors (Lipinski definition) is 2. The maximum Gasteiger partial charge on any atom is 0.280 e. The molecule has 120 valence electrons. The van der Waals surface area contributed by atoms with E-state index in [2.05, 4.69) is 17.3 Å². The van der Waals surface area contributed by atoms with E-state index in [-0.39, 0.29) is 11.5 Å². The minimum atomic E-state index is -1.18. The van der Waals surface area contributed by atoms with Crippen LogP contribution in [0.15, 0.2) is 0 Å². The Balaban J connectivity index is 1.66. The molecule has 0 spiro atoms. The van der Waals surface area contributed by atoms with Crippen molar-refractivity contribution in [3.63, 3.8) is 0 Å². The van der Waals surface area contributed by atoms with E-state index in [0.717, 1.165) is 55.9 Å². The number of hydrogen-bond acceptors (Lipinski definition) is 5. The lowest BCUT2D eigenvalue weighted by molar-refractivity contribution is -0.896. The average Bonchev–Trinajstić information content (AvgIpc) is 3.01. The lowest BCUT2D eigenvalue weighted by atomic mass is 10.1. The van der Waals surface area contributed by atoms with Crippen LogP contribution in [0.3, 0.4) is 0 Å². The first-order valence-corrected chi connectivity index (χ1v) is 8.54. The third-order valence-corrected chi connectivity index (χ3v) is 5.69. The minimum Gasteiger partial charge on any atom is -0.545 e. The van der Waals surface area contributed by atoms with Crippen LogP contribution in [0.5, 0.6) is 0 Å². The number of fused-ring (bicyclic) bond motifs is 1. The van der Waals surface area contributed by atoms with Gasteiger partial charge in [-0.25, -0.2) is 0 Å². The molecule has 6 nitrogen and oxygen atoms in total. The Morgan fingerprint density at radius 1 is 1.32 bits per heavy atom. The second-order valence-corrected chi connectivity index (χ2v) is 7.23. The number of aromatic carboxylic acids is 1. The molecule has 1 aliphatic carbocycles. The molecule has 0 radical (unpaired) electrons. The van der Waals surface area contributed by atoms with Gasteiger partial charge in [-0.15, -0.1) is 11.3 Å². The maximum absolute atomic E-state index is 12.2. The van der Waals surface area contributed by atoms with Gasteiger partial charge in [-0.2, -0.15) is 0 Å². The van der Waals surface area contributed by atoms with Crippen molar-refractivity contribution in [2.75, 3.05) is 45.1 Å². The zero-order valence-electron chi connectivity index (χ0n) is 12.7. The molecule has 7 heteroatoms. The summed E-state index contributed by atoms with van der Waals surface area (Å²) in [5, 5.41) is 14.6. The first-order chi connectivity index (χ1) is 10.5. The minimum absolute atomic E-state index is 0.109. The van der Waals surface area contributed by atoms with Crippen LogP contribution in [0.1, 0.15) is 27.2 Å². The summed E-state index contributed by atoms with van der Waals surface area (Å²) in [7, 11) is 2.08. The number of quaternary nitrogens is 1. The fourth-order valence-corrected chi connectivity index (χ4v) is 4.51. The van der Waals surface area contributed by atoms with Crippen LogP contribution < -0.4 is 15.3 Å². The van der Waals surface area contributed by atoms with Gasteiger partial charge in [0.05, 0.1) is 19.1 Å². The molecule has 2 heterocycles. The SMILES string of the molecule is CN1CC[NH+](CC(=O)Nc2sc3c(c2C(=O)[O-])CCC3)CC1. The van der Waals surface area contributed by atoms with Crippen molar-refractivity contribution in [1.29, 1.82) is 0 Å². The van der Waals surface area contributed by atoms with E-state index in [1.165, 1.54) is 16.2 Å². The van der Waals surface area contributed by atoms with E-state index in [4.69, 9.17) is 0 Å². The van der Waals surface area contributed by atoms with Crippen LogP contribution in [0.4, 0.5) is 5.00 Å². The van der Waals surface area contributed by atoms with Gasteiger partial charge in [0, 0.05) is 23.5 Å². The Morgan fingerprint density at radius 2 is 2.05 bits per heavy atom. The highest BCUT2D eigenvalue weighted by Gasteiger charge is 2.25. The molecular weight excluding hydrogens is 302 g/mol. The number of nitrogens with zero attached hydrogens (tertiary/aromatic N) is 1. The van der Waals surface area contributed by atoms with Gasteiger partial charge in [-0.1, -0.05) is 0 Å². The molecular formula is C15H21N3O3S. The van der Waals surface area contributed by atoms with E-state index in [0.29, 0.717) is 11.5 Å². The summed E-state index contributed by atoms with van der Waals surface area (Å²) in [5.41, 5.74) is 1.08. The Hall–Kier alpha value is -1.44. The number of piperazine rings is 1. The number of carbonyl (C=O) groups is 2. The number of aryl methyl sites for hydroxylation is 1. The summed E-state index contributed by atoms with van der Waals surface area (Å²) in [4.78, 5) is 28.2. The zero-order chi connectivity index (χ0) is 15.7. The highest BCUT2D eigenvalue weighted by Crippen LogP contribution is 2.38. The molecule has 0 unspecified atom stereocenters. The largest absolute Gasteiger partial charge is 0.545 e. The van der Waals surface area contributed by atoms with Crippen LogP contribution >= 0.6 is 11.3 Å². The molecule has 0 bridgehead atoms. The number of rotatable bonds is 4. The van der Waals surface area contributed by atoms with Crippen molar-refractivity contribution >= 4 is 28.2 Å². The molecule has 3 rings (SSSR count). The van der Waals surface area contributed by atoms with Gasteiger partial charge in [-0.3, -0.25) is 9.69 Å². The smallest absolute Gasteiger partial charge is 0.280 e. The van der Waals surface area contributed by atoms with Gasteiger partial charge in [0.1, 0.15) is 5.00 Å². The lowest BCUT2D eigenvalue weighted by Crippen LogP contribution is -3.15. The predicted molar refractivity (Wildman–Crippen MR) is 82.4 cm³/mol. The van der Waals surface area contributed by atoms with Crippen molar-refractivity contribution in [2.45, 2.75) is 19.3 Å². The van der Waals surface area contributed by atoms with Crippen molar-refractivity contribution in [3.05, 3.63) is 16.0 Å². The van der Waals surface area contributed by atoms with E-state index in [1.54, 1.807) is 0 Å². The second-order valence-electron chi connectivity index (χ2n) is 6.13. The molecule has 1 saturated heterocycles. The number of anilines is 1. The first-order valence-electron chi connectivity index (χ1n) is 7.72. The third-order valence-electron chi connectivity index (χ3n) is 4.48. The van der Waals surface area contributed by atoms with Gasteiger partial charge in [0.15, 0.2) is 6.54 Å². The highest BCUT2D eigenvalue weighted by molar-refractivity contribution is 7.17. The van der Waals surface area contributed by atoms with Gasteiger partial charge < -0.3 is 20.1 Å². The summed E-state index contributed by atoms with van der Waals surface area (Å²) in [5.74, 6) is -1.29. The monoisotopic (exact) mass is 323 g/mol. The number of carboxylic acid groups (broad SMARTS) is 1. The van der Waals surface area contributed by atoms with Gasteiger partial charge in [0.2, 0.25) is 0 Å². The Bertz CT molecular complexity index is 591. The number of thiophene rings is 1. The summed E-state index contributed by atoms with van der Waals surface area (Å²) < 4.78 is 0. The maximum atomic E-state index is 12.2. The van der Waals surface area contributed by atoms with Crippen LogP contribution in [-0.2, 0) is 17.6 Å². The molecule has 1 aromatic rings. The molecule has 22 heavy (non-hydrogen) atoms. The standard InChI is InChI=1S/C15H21N3O3S/c1-17-5-7-18(8-6-17)9-12(19)16-14-13(15(20)21)10-3-2-4-11(10)22-14/h2-9H2,1H3,(H,16,19)(H,20,21). The Labute approximate surface area is 133 Å². The summed E-state index contributed by atoms with van der Waals surface area (Å²) in [6.07, 6.45) is 2.66. The fourth-order valence-electron chi connectivity index (χ4n) is 3.22. The average molecular weight is 323 g/mol. The molecule has 1 aliphatic heterocycles. The summed E-state index contributed by atoms with van der Waals surface area (Å²) >= 11 is 1.40. The third kappa shape index (κ3) is 3.16. The zero-order valence-corrected chi connectivity index (χ0v) is 13.6. The molecule has 1 amide bonds. The van der Waals surface area contributed by atoms with Crippen LogP contribution in [-0.4, -0.2) is 56.5 Å². The normalized spacial score (nSPS) is 19.1. The van der Waals surface area contributed by atoms with Gasteiger partial charge >= 0.3 is 0 Å². The second kappa shape index (κ2) is 6.36. The highest BCUT2D eigenvalue weighted by atomic mass is 32.1.